The molecule has 17 heavy (non-hydrogen) atoms. The van der Waals surface area contributed by atoms with Crippen molar-refractivity contribution in [1.82, 2.24) is 10.6 Å². The maximum atomic E-state index is 11.0. The summed E-state index contributed by atoms with van der Waals surface area (Å²) in [4.78, 5) is 16.6. The Hall–Kier alpha value is -1.56. The van der Waals surface area contributed by atoms with Gasteiger partial charge in [-0.25, -0.2) is 4.79 Å². The number of nitrogens with zero attached hydrogens (tertiary/aromatic N) is 1. The predicted molar refractivity (Wildman–Crippen MR) is 67.6 cm³/mol. The van der Waals surface area contributed by atoms with Crippen LogP contribution in [-0.4, -0.2) is 32.3 Å². The van der Waals surface area contributed by atoms with Crippen molar-refractivity contribution in [2.24, 2.45) is 4.99 Å². The third-order valence-electron chi connectivity index (χ3n) is 2.54. The molecular weight excluding hydrogens is 238 g/mol. The Kier molecular flexibility index (Phi) is 3.63. The molecule has 1 aromatic heterocycles. The molecule has 6 heteroatoms. The van der Waals surface area contributed by atoms with Crippen LogP contribution < -0.4 is 10.6 Å². The van der Waals surface area contributed by atoms with Crippen molar-refractivity contribution in [2.45, 2.75) is 12.8 Å². The number of carbonyl (C=O) groups excluding carboxylic acids is 1. The van der Waals surface area contributed by atoms with E-state index in [4.69, 9.17) is 0 Å². The van der Waals surface area contributed by atoms with Gasteiger partial charge in [-0.05, 0) is 23.9 Å². The number of alkyl carbamates (subject to hydrolysis) is 1. The van der Waals surface area contributed by atoms with Gasteiger partial charge in [0.05, 0.1) is 13.7 Å². The molecule has 2 heterocycles. The second-order valence-corrected chi connectivity index (χ2v) is 4.85. The molecule has 1 aliphatic heterocycles. The van der Waals surface area contributed by atoms with Gasteiger partial charge in [0.2, 0.25) is 5.96 Å². The third-order valence-corrected chi connectivity index (χ3v) is 3.76. The Labute approximate surface area is 104 Å². The molecule has 1 atom stereocenters. The van der Waals surface area contributed by atoms with E-state index in [0.29, 0.717) is 18.4 Å². The highest BCUT2D eigenvalue weighted by Gasteiger charge is 2.19. The number of hydrogen-bond acceptors (Lipinski definition) is 5. The van der Waals surface area contributed by atoms with Crippen LogP contribution in [0.3, 0.4) is 0 Å². The van der Waals surface area contributed by atoms with Gasteiger partial charge >= 0.3 is 6.09 Å². The minimum atomic E-state index is -0.498. The van der Waals surface area contributed by atoms with Crippen molar-refractivity contribution in [1.29, 1.82) is 0 Å². The molecule has 5 nitrogen and oxygen atoms in total. The van der Waals surface area contributed by atoms with E-state index in [9.17, 15) is 4.79 Å². The molecule has 0 aliphatic carbocycles. The van der Waals surface area contributed by atoms with E-state index in [1.165, 1.54) is 17.6 Å². The van der Waals surface area contributed by atoms with Gasteiger partial charge in [-0.15, -0.1) is 11.3 Å². The standard InChI is InChI=1S/C11H15N3O2S/c1-7-3-9(17-6-7)8-4-12-10(13-5-8)14-11(15)16-2/h3,6,8H,4-5H2,1-2H3,(H2,12,13,14,15). The average Bonchev–Trinajstić information content (AvgIpc) is 2.77. The van der Waals surface area contributed by atoms with Gasteiger partial charge in [0.25, 0.3) is 0 Å². The zero-order chi connectivity index (χ0) is 12.3. The van der Waals surface area contributed by atoms with E-state index in [1.807, 2.05) is 0 Å². The molecule has 0 radical (unpaired) electrons. The summed E-state index contributed by atoms with van der Waals surface area (Å²) in [7, 11) is 1.33. The zero-order valence-corrected chi connectivity index (χ0v) is 10.6. The average molecular weight is 253 g/mol. The lowest BCUT2D eigenvalue weighted by atomic mass is 10.1. The summed E-state index contributed by atoms with van der Waals surface area (Å²) in [5, 5.41) is 7.75. The molecule has 1 aromatic rings. The largest absolute Gasteiger partial charge is 0.453 e. The number of methoxy groups -OCH3 is 1. The minimum absolute atomic E-state index is 0.386. The summed E-state index contributed by atoms with van der Waals surface area (Å²) < 4.78 is 4.50. The minimum Gasteiger partial charge on any atom is -0.453 e. The number of ether oxygens (including phenoxy) is 1. The second kappa shape index (κ2) is 5.18. The molecule has 0 saturated carbocycles. The first-order valence-corrected chi connectivity index (χ1v) is 6.25. The van der Waals surface area contributed by atoms with Gasteiger partial charge in [0.1, 0.15) is 0 Å². The Balaban J connectivity index is 1.94. The van der Waals surface area contributed by atoms with E-state index < -0.39 is 6.09 Å². The van der Waals surface area contributed by atoms with Crippen molar-refractivity contribution >= 4 is 23.4 Å². The smallest absolute Gasteiger partial charge is 0.413 e. The van der Waals surface area contributed by atoms with Gasteiger partial charge in [-0.3, -0.25) is 10.3 Å². The van der Waals surface area contributed by atoms with Crippen molar-refractivity contribution in [3.05, 3.63) is 21.9 Å². The number of carbonyl (C=O) groups is 1. The Morgan fingerprint density at radius 2 is 2.53 bits per heavy atom. The molecule has 0 aromatic carbocycles. The van der Waals surface area contributed by atoms with Gasteiger partial charge in [-0.1, -0.05) is 0 Å². The molecule has 0 fully saturated rings. The van der Waals surface area contributed by atoms with Crippen molar-refractivity contribution in [3.63, 3.8) is 0 Å². The van der Waals surface area contributed by atoms with E-state index >= 15 is 0 Å². The SMILES string of the molecule is COC(=O)NC1=NCC(c2cc(C)cs2)CN1. The number of aliphatic imine (C=N–C) groups is 1. The van der Waals surface area contributed by atoms with Crippen LogP contribution in [0, 0.1) is 6.92 Å². The molecular formula is C11H15N3O2S. The van der Waals surface area contributed by atoms with Crippen molar-refractivity contribution in [3.8, 4) is 0 Å². The molecule has 0 spiro atoms. The van der Waals surface area contributed by atoms with Gasteiger partial charge in [-0.2, -0.15) is 0 Å². The molecule has 2 N–H and O–H groups in total. The van der Waals surface area contributed by atoms with Crippen molar-refractivity contribution < 1.29 is 9.53 Å². The Morgan fingerprint density at radius 3 is 3.06 bits per heavy atom. The molecule has 0 bridgehead atoms. The zero-order valence-electron chi connectivity index (χ0n) is 9.82. The summed E-state index contributed by atoms with van der Waals surface area (Å²) in [6.45, 7) is 3.55. The first kappa shape index (κ1) is 11.9. The highest BCUT2D eigenvalue weighted by Crippen LogP contribution is 2.24. The molecule has 1 unspecified atom stereocenters. The molecule has 2 rings (SSSR count). The van der Waals surface area contributed by atoms with Crippen LogP contribution in [0.4, 0.5) is 4.79 Å². The van der Waals surface area contributed by atoms with Crippen molar-refractivity contribution in [2.75, 3.05) is 20.2 Å². The third kappa shape index (κ3) is 2.97. The van der Waals surface area contributed by atoms with Crippen LogP contribution in [0.2, 0.25) is 0 Å². The second-order valence-electron chi connectivity index (χ2n) is 3.91. The quantitative estimate of drug-likeness (QED) is 0.796. The number of hydrogen-bond donors (Lipinski definition) is 2. The summed E-state index contributed by atoms with van der Waals surface area (Å²) in [6.07, 6.45) is -0.498. The van der Waals surface area contributed by atoms with E-state index in [-0.39, 0.29) is 0 Å². The monoisotopic (exact) mass is 253 g/mol. The first-order valence-electron chi connectivity index (χ1n) is 5.37. The van der Waals surface area contributed by atoms with Gasteiger partial charge in [0.15, 0.2) is 0 Å². The fourth-order valence-electron chi connectivity index (χ4n) is 1.63. The molecule has 92 valence electrons. The maximum absolute atomic E-state index is 11.0. The predicted octanol–water partition coefficient (Wildman–Crippen LogP) is 1.46. The lowest BCUT2D eigenvalue weighted by molar-refractivity contribution is 0.176. The summed E-state index contributed by atoms with van der Waals surface area (Å²) in [6, 6.07) is 2.19. The summed E-state index contributed by atoms with van der Waals surface area (Å²) >= 11 is 1.75. The topological polar surface area (TPSA) is 62.7 Å². The lowest BCUT2D eigenvalue weighted by Crippen LogP contribution is -2.45. The number of nitrogens with one attached hydrogen (secondary N) is 2. The van der Waals surface area contributed by atoms with E-state index in [2.05, 4.69) is 38.7 Å². The highest BCUT2D eigenvalue weighted by molar-refractivity contribution is 7.10. The molecule has 1 amide bonds. The van der Waals surface area contributed by atoms with Crippen LogP contribution in [-0.2, 0) is 4.74 Å². The first-order chi connectivity index (χ1) is 8.19. The Morgan fingerprint density at radius 1 is 1.71 bits per heavy atom. The maximum Gasteiger partial charge on any atom is 0.413 e. The van der Waals surface area contributed by atoms with E-state index in [1.54, 1.807) is 11.3 Å². The summed E-state index contributed by atoms with van der Waals surface area (Å²) in [5.74, 6) is 0.873. The molecule has 1 aliphatic rings. The van der Waals surface area contributed by atoms with Crippen LogP contribution in [0.5, 0.6) is 0 Å². The number of aryl methyl sites for hydroxylation is 1. The fourth-order valence-corrected chi connectivity index (χ4v) is 2.63. The van der Waals surface area contributed by atoms with Gasteiger partial charge in [0, 0.05) is 17.3 Å². The van der Waals surface area contributed by atoms with Crippen LogP contribution in [0.25, 0.3) is 0 Å². The molecule has 0 saturated heterocycles. The number of guanidine groups is 1. The normalized spacial score (nSPS) is 19.2. The lowest BCUT2D eigenvalue weighted by Gasteiger charge is -2.21. The number of amides is 1. The van der Waals surface area contributed by atoms with E-state index in [0.717, 1.165) is 6.54 Å². The number of rotatable bonds is 1. The van der Waals surface area contributed by atoms with Gasteiger partial charge < -0.3 is 10.1 Å². The van der Waals surface area contributed by atoms with Crippen LogP contribution in [0.15, 0.2) is 16.4 Å². The van der Waals surface area contributed by atoms with Crippen LogP contribution >= 0.6 is 11.3 Å². The summed E-state index contributed by atoms with van der Waals surface area (Å²) in [5.41, 5.74) is 1.28. The Bertz CT molecular complexity index is 442. The fraction of sp³-hybridized carbons (Fsp3) is 0.455. The van der Waals surface area contributed by atoms with Crippen LogP contribution in [0.1, 0.15) is 16.4 Å². The number of thiophene rings is 1. The highest BCUT2D eigenvalue weighted by atomic mass is 32.1.